The average Bonchev–Trinajstić information content (AvgIpc) is 3.67. The van der Waals surface area contributed by atoms with Gasteiger partial charge in [-0.2, -0.15) is 4.58 Å². The van der Waals surface area contributed by atoms with E-state index in [2.05, 4.69) is 217 Å². The molecule has 0 amide bonds. The van der Waals surface area contributed by atoms with Gasteiger partial charge in [0.15, 0.2) is 5.71 Å². The molecule has 8 rings (SSSR count). The Balaban J connectivity index is 0.00000544. The van der Waals surface area contributed by atoms with Crippen molar-refractivity contribution in [2.45, 2.75) is 49.9 Å². The van der Waals surface area contributed by atoms with Crippen LogP contribution in [0.3, 0.4) is 0 Å². The van der Waals surface area contributed by atoms with Gasteiger partial charge >= 0.3 is 0 Å². The van der Waals surface area contributed by atoms with Crippen molar-refractivity contribution in [3.63, 3.8) is 0 Å². The number of hydrogen-bond donors (Lipinski definition) is 0. The van der Waals surface area contributed by atoms with E-state index in [0.29, 0.717) is 19.6 Å². The van der Waals surface area contributed by atoms with Crippen LogP contribution in [0.2, 0.25) is 0 Å². The first-order valence-corrected chi connectivity index (χ1v) is 21.0. The summed E-state index contributed by atoms with van der Waals surface area (Å²) in [6, 6.07) is 61.4. The minimum absolute atomic E-state index is 0. The lowest BCUT2D eigenvalue weighted by Gasteiger charge is -2.34. The van der Waals surface area contributed by atoms with Crippen LogP contribution in [0.4, 0.5) is 11.4 Å². The molecule has 0 saturated heterocycles. The molecule has 0 bridgehead atoms. The Morgan fingerprint density at radius 3 is 1.58 bits per heavy atom. The lowest BCUT2D eigenvalue weighted by atomic mass is 9.69. The molecular weight excluding hydrogens is 848 g/mol. The molecule has 6 aromatic carbocycles. The first-order valence-electron chi connectivity index (χ1n) is 21.0. The van der Waals surface area contributed by atoms with E-state index in [1.165, 1.54) is 50.5 Å². The van der Waals surface area contributed by atoms with Crippen molar-refractivity contribution in [1.29, 1.82) is 0 Å². The molecule has 302 valence electrons. The number of carbonyl (C=O) groups excluding carboxylic acids is 1. The Kier molecular flexibility index (Phi) is 14.1. The van der Waals surface area contributed by atoms with E-state index in [9.17, 15) is 4.79 Å². The largest absolute Gasteiger partial charge is 1.00 e. The fourth-order valence-electron chi connectivity index (χ4n) is 9.68. The van der Waals surface area contributed by atoms with Gasteiger partial charge in [-0.05, 0) is 65.6 Å². The third-order valence-electron chi connectivity index (χ3n) is 12.1. The van der Waals surface area contributed by atoms with E-state index in [-0.39, 0.29) is 34.8 Å². The van der Waals surface area contributed by atoms with Crippen LogP contribution in [0.5, 0.6) is 0 Å². The molecule has 0 aliphatic carbocycles. The Hall–Kier alpha value is -5.79. The molecule has 4 nitrogen and oxygen atoms in total. The predicted molar refractivity (Wildman–Crippen MR) is 243 cm³/mol. The maximum Gasteiger partial charge on any atom is 0.293 e. The number of benzene rings is 6. The Morgan fingerprint density at radius 2 is 1.05 bits per heavy atom. The van der Waals surface area contributed by atoms with Gasteiger partial charge in [-0.25, -0.2) is 0 Å². The lowest BCUT2D eigenvalue weighted by Crippen LogP contribution is -3.00. The highest BCUT2D eigenvalue weighted by Gasteiger charge is 2.51. The summed E-state index contributed by atoms with van der Waals surface area (Å²) < 4.78 is 7.91. The minimum Gasteiger partial charge on any atom is -1.00 e. The maximum atomic E-state index is 11.4. The fourth-order valence-corrected chi connectivity index (χ4v) is 9.68. The van der Waals surface area contributed by atoms with Crippen LogP contribution in [-0.4, -0.2) is 36.5 Å². The number of halogens is 1. The maximum absolute atomic E-state index is 11.4. The zero-order valence-corrected chi connectivity index (χ0v) is 36.5. The third-order valence-corrected chi connectivity index (χ3v) is 12.1. The summed E-state index contributed by atoms with van der Waals surface area (Å²) >= 11 is 0. The second-order valence-electron chi connectivity index (χ2n) is 15.8. The van der Waals surface area contributed by atoms with Crippen LogP contribution in [0, 0.1) is 0 Å². The molecule has 60 heavy (non-hydrogen) atoms. The highest BCUT2D eigenvalue weighted by Crippen LogP contribution is 2.52. The number of hydrogen-bond acceptors (Lipinski definition) is 3. The molecule has 0 saturated carbocycles. The number of para-hydroxylation sites is 2. The van der Waals surface area contributed by atoms with Crippen molar-refractivity contribution < 1.29 is 38.1 Å². The number of anilines is 1. The van der Waals surface area contributed by atoms with Gasteiger partial charge in [-0.3, -0.25) is 4.79 Å². The minimum atomic E-state index is -0.366. The zero-order valence-electron chi connectivity index (χ0n) is 34.4. The Bertz CT molecular complexity index is 2370. The van der Waals surface area contributed by atoms with Crippen molar-refractivity contribution in [3.05, 3.63) is 239 Å². The summed E-state index contributed by atoms with van der Waals surface area (Å²) in [5.41, 5.74) is 12.2. The average molecular weight is 901 g/mol. The van der Waals surface area contributed by atoms with E-state index in [0.717, 1.165) is 44.3 Å². The highest BCUT2D eigenvalue weighted by atomic mass is 127. The monoisotopic (exact) mass is 900 g/mol. The molecule has 6 aromatic rings. The second kappa shape index (κ2) is 20.0. The van der Waals surface area contributed by atoms with Crippen molar-refractivity contribution in [3.8, 4) is 0 Å². The molecule has 0 atom stereocenters. The molecule has 0 spiro atoms. The van der Waals surface area contributed by atoms with Gasteiger partial charge in [-0.1, -0.05) is 183 Å². The fraction of sp³-hybridized carbons (Fsp3) is 0.200. The van der Waals surface area contributed by atoms with Gasteiger partial charge in [-0.15, -0.1) is 0 Å². The standard InChI is InChI=1S/C55H53N2O2.HI/c1-2-36-56-50-32-20-18-30-48(50)54(39-44-22-8-3-9-23-44,40-45-24-10-4-11-25-45)52(56)34-16-7-17-35-53-55(41-46-26-12-5-13-27-46,42-47-28-14-6-15-29-47)49-31-19-21-33-51(49)57(53)37-38-59-43-58;/h3-35,43H,2,36-42H2,1H3;1H/q+1;/p-1. The summed E-state index contributed by atoms with van der Waals surface area (Å²) in [4.78, 5) is 13.7. The number of carbonyl (C=O) groups is 1. The van der Waals surface area contributed by atoms with Gasteiger partial charge in [0.1, 0.15) is 13.2 Å². The van der Waals surface area contributed by atoms with Crippen LogP contribution >= 0.6 is 0 Å². The first kappa shape index (κ1) is 42.3. The smallest absolute Gasteiger partial charge is 0.293 e. The van der Waals surface area contributed by atoms with Crippen LogP contribution in [-0.2, 0) is 46.0 Å². The quantitative estimate of drug-likeness (QED) is 0.0304. The van der Waals surface area contributed by atoms with Gasteiger partial charge in [0.25, 0.3) is 6.47 Å². The third kappa shape index (κ3) is 8.87. The number of nitrogens with zero attached hydrogens (tertiary/aromatic N) is 2. The summed E-state index contributed by atoms with van der Waals surface area (Å²) in [6.45, 7) is 4.61. The van der Waals surface area contributed by atoms with Gasteiger partial charge in [0, 0.05) is 40.9 Å². The van der Waals surface area contributed by atoms with E-state index < -0.39 is 0 Å². The van der Waals surface area contributed by atoms with Crippen molar-refractivity contribution in [2.24, 2.45) is 0 Å². The molecule has 0 aromatic heterocycles. The van der Waals surface area contributed by atoms with Gasteiger partial charge in [0.2, 0.25) is 5.69 Å². The van der Waals surface area contributed by atoms with Crippen LogP contribution in [0.15, 0.2) is 206 Å². The zero-order chi connectivity index (χ0) is 40.3. The lowest BCUT2D eigenvalue weighted by molar-refractivity contribution is -0.437. The predicted octanol–water partition coefficient (Wildman–Crippen LogP) is 8.34. The number of allylic oxidation sites excluding steroid dienone is 6. The van der Waals surface area contributed by atoms with E-state index in [1.807, 2.05) is 0 Å². The van der Waals surface area contributed by atoms with Crippen LogP contribution < -0.4 is 28.9 Å². The molecule has 2 aliphatic rings. The normalized spacial score (nSPS) is 15.6. The number of rotatable bonds is 17. The van der Waals surface area contributed by atoms with Crippen molar-refractivity contribution in [1.82, 2.24) is 0 Å². The summed E-state index contributed by atoms with van der Waals surface area (Å²) in [6.07, 6.45) is 15.8. The van der Waals surface area contributed by atoms with E-state index >= 15 is 0 Å². The molecule has 0 unspecified atom stereocenters. The number of ether oxygens (including phenoxy) is 1. The summed E-state index contributed by atoms with van der Waals surface area (Å²) in [7, 11) is 0. The Morgan fingerprint density at radius 1 is 0.567 bits per heavy atom. The topological polar surface area (TPSA) is 32.5 Å². The second-order valence-corrected chi connectivity index (χ2v) is 15.8. The summed E-state index contributed by atoms with van der Waals surface area (Å²) in [5, 5.41) is 0. The molecule has 0 N–H and O–H groups in total. The molecular formula is C55H53IN2O2. The first-order chi connectivity index (χ1) is 29.1. The number of fused-ring (bicyclic) bond motifs is 2. The Labute approximate surface area is 373 Å². The van der Waals surface area contributed by atoms with Crippen LogP contribution in [0.25, 0.3) is 0 Å². The molecule has 5 heteroatoms. The SMILES string of the molecule is CCC[N+]1=C(/C=C/C=C/C=C2/N(CCOC=O)c3ccccc3C2(Cc2ccccc2)Cc2ccccc2)C(Cc2ccccc2)(Cc2ccccc2)c2ccccc21.[I-]. The van der Waals surface area contributed by atoms with Crippen LogP contribution in [0.1, 0.15) is 46.7 Å². The molecule has 2 heterocycles. The molecule has 2 aliphatic heterocycles. The summed E-state index contributed by atoms with van der Waals surface area (Å²) in [5.74, 6) is 0. The highest BCUT2D eigenvalue weighted by molar-refractivity contribution is 6.04. The molecule has 0 radical (unpaired) electrons. The molecule has 0 fully saturated rings. The van der Waals surface area contributed by atoms with E-state index in [4.69, 9.17) is 4.74 Å². The van der Waals surface area contributed by atoms with Gasteiger partial charge < -0.3 is 33.6 Å². The van der Waals surface area contributed by atoms with Crippen molar-refractivity contribution in [2.75, 3.05) is 24.6 Å². The van der Waals surface area contributed by atoms with Gasteiger partial charge in [0.05, 0.1) is 12.0 Å². The van der Waals surface area contributed by atoms with Crippen molar-refractivity contribution >= 4 is 23.6 Å². The van der Waals surface area contributed by atoms with E-state index in [1.54, 1.807) is 0 Å².